The van der Waals surface area contributed by atoms with E-state index in [9.17, 15) is 14.4 Å². The van der Waals surface area contributed by atoms with Crippen molar-refractivity contribution in [1.29, 1.82) is 0 Å². The average molecular weight is 307 g/mol. The number of carbonyl (C=O) groups excluding carboxylic acids is 1. The van der Waals surface area contributed by atoms with Gasteiger partial charge in [0, 0.05) is 6.04 Å². The SMILES string of the molecule is CCc1n[nH]c(=O)c(C(=O)N[C@@H]2CC[C@H](C(=O)O)C2)c1CC. The summed E-state index contributed by atoms with van der Waals surface area (Å²) in [5.74, 6) is -1.69. The number of hydrogen-bond acceptors (Lipinski definition) is 4. The number of carboxylic acid groups (broad SMARTS) is 1. The monoisotopic (exact) mass is 307 g/mol. The number of H-pyrrole nitrogens is 1. The van der Waals surface area contributed by atoms with Gasteiger partial charge in [0.05, 0.1) is 11.6 Å². The van der Waals surface area contributed by atoms with Crippen LogP contribution < -0.4 is 10.9 Å². The maximum absolute atomic E-state index is 12.4. The van der Waals surface area contributed by atoms with Gasteiger partial charge in [-0.1, -0.05) is 13.8 Å². The van der Waals surface area contributed by atoms with Gasteiger partial charge in [-0.2, -0.15) is 5.10 Å². The Morgan fingerprint density at radius 1 is 1.32 bits per heavy atom. The maximum atomic E-state index is 12.4. The lowest BCUT2D eigenvalue weighted by Crippen LogP contribution is -2.38. The minimum atomic E-state index is -0.832. The molecule has 0 saturated heterocycles. The second kappa shape index (κ2) is 6.72. The first-order valence-corrected chi connectivity index (χ1v) is 7.61. The fraction of sp³-hybridized carbons (Fsp3) is 0.600. The number of aliphatic carboxylic acids is 1. The van der Waals surface area contributed by atoms with Crippen molar-refractivity contribution < 1.29 is 14.7 Å². The number of hydrogen-bond donors (Lipinski definition) is 3. The van der Waals surface area contributed by atoms with Crippen LogP contribution in [-0.2, 0) is 17.6 Å². The molecule has 7 heteroatoms. The highest BCUT2D eigenvalue weighted by molar-refractivity contribution is 5.95. The molecule has 1 heterocycles. The molecule has 0 spiro atoms. The number of rotatable bonds is 5. The Kier molecular flexibility index (Phi) is 4.95. The van der Waals surface area contributed by atoms with Gasteiger partial charge in [-0.05, 0) is 37.7 Å². The summed E-state index contributed by atoms with van der Waals surface area (Å²) in [5, 5.41) is 18.1. The van der Waals surface area contributed by atoms with Crippen molar-refractivity contribution in [2.45, 2.75) is 52.0 Å². The quantitative estimate of drug-likeness (QED) is 0.747. The number of amides is 1. The number of aromatic amines is 1. The summed E-state index contributed by atoms with van der Waals surface area (Å²) in [6, 6.07) is -0.198. The lowest BCUT2D eigenvalue weighted by molar-refractivity contribution is -0.141. The molecular formula is C15H21N3O4. The van der Waals surface area contributed by atoms with Crippen LogP contribution in [0.15, 0.2) is 4.79 Å². The largest absolute Gasteiger partial charge is 0.481 e. The van der Waals surface area contributed by atoms with E-state index in [1.807, 2.05) is 13.8 Å². The van der Waals surface area contributed by atoms with Crippen LogP contribution in [0, 0.1) is 5.92 Å². The molecule has 2 atom stereocenters. The zero-order valence-electron chi connectivity index (χ0n) is 12.8. The van der Waals surface area contributed by atoms with Crippen LogP contribution in [-0.4, -0.2) is 33.2 Å². The van der Waals surface area contributed by atoms with Gasteiger partial charge in [0.2, 0.25) is 0 Å². The molecule has 1 aromatic rings. The fourth-order valence-corrected chi connectivity index (χ4v) is 3.03. The minimum Gasteiger partial charge on any atom is -0.481 e. The normalized spacial score (nSPS) is 20.8. The van der Waals surface area contributed by atoms with Crippen molar-refractivity contribution >= 4 is 11.9 Å². The Morgan fingerprint density at radius 2 is 2.05 bits per heavy atom. The zero-order valence-corrected chi connectivity index (χ0v) is 12.8. The number of nitrogens with one attached hydrogen (secondary N) is 2. The molecule has 1 aliphatic carbocycles. The van der Waals surface area contributed by atoms with E-state index in [4.69, 9.17) is 5.11 Å². The van der Waals surface area contributed by atoms with E-state index in [0.29, 0.717) is 43.4 Å². The van der Waals surface area contributed by atoms with Crippen LogP contribution in [0.1, 0.15) is 54.7 Å². The van der Waals surface area contributed by atoms with E-state index in [1.165, 1.54) is 0 Å². The predicted octanol–water partition coefficient (Wildman–Crippen LogP) is 0.878. The lowest BCUT2D eigenvalue weighted by Gasteiger charge is -2.15. The first-order valence-electron chi connectivity index (χ1n) is 7.61. The van der Waals surface area contributed by atoms with Crippen LogP contribution in [0.25, 0.3) is 0 Å². The molecule has 0 aromatic carbocycles. The third-order valence-corrected chi connectivity index (χ3v) is 4.20. The van der Waals surface area contributed by atoms with E-state index >= 15 is 0 Å². The highest BCUT2D eigenvalue weighted by Crippen LogP contribution is 2.26. The summed E-state index contributed by atoms with van der Waals surface area (Å²) in [4.78, 5) is 35.4. The third kappa shape index (κ3) is 3.18. The molecule has 1 fully saturated rings. The standard InChI is InChI=1S/C15H21N3O4/c1-3-10-11(4-2)17-18-14(20)12(10)13(19)16-9-6-5-8(7-9)15(21)22/h8-9H,3-7H2,1-2H3,(H,16,19)(H,18,20)(H,21,22)/t8-,9+/m0/s1. The maximum Gasteiger partial charge on any atom is 0.306 e. The topological polar surface area (TPSA) is 112 Å². The van der Waals surface area contributed by atoms with Gasteiger partial charge in [0.25, 0.3) is 11.5 Å². The van der Waals surface area contributed by atoms with Crippen molar-refractivity contribution in [2.75, 3.05) is 0 Å². The summed E-state index contributed by atoms with van der Waals surface area (Å²) in [6.45, 7) is 3.79. The van der Waals surface area contributed by atoms with Crippen molar-refractivity contribution in [3.8, 4) is 0 Å². The number of carbonyl (C=O) groups is 2. The fourth-order valence-electron chi connectivity index (χ4n) is 3.03. The summed E-state index contributed by atoms with van der Waals surface area (Å²) in [5.41, 5.74) is 0.978. The number of aromatic nitrogens is 2. The van der Waals surface area contributed by atoms with Gasteiger partial charge in [-0.15, -0.1) is 0 Å². The molecule has 1 amide bonds. The number of aryl methyl sites for hydroxylation is 1. The van der Waals surface area contributed by atoms with Crippen molar-refractivity contribution in [3.63, 3.8) is 0 Å². The summed E-state index contributed by atoms with van der Waals surface area (Å²) < 4.78 is 0. The van der Waals surface area contributed by atoms with Gasteiger partial charge in [-0.3, -0.25) is 14.4 Å². The van der Waals surface area contributed by atoms with Crippen molar-refractivity contribution in [1.82, 2.24) is 15.5 Å². The Bertz CT molecular complexity index is 638. The Balaban J connectivity index is 2.20. The Hall–Kier alpha value is -2.18. The Morgan fingerprint density at radius 3 is 2.59 bits per heavy atom. The number of nitrogens with zero attached hydrogens (tertiary/aromatic N) is 1. The van der Waals surface area contributed by atoms with E-state index in [1.54, 1.807) is 0 Å². The number of carboxylic acids is 1. The molecule has 1 aromatic heterocycles. The van der Waals surface area contributed by atoms with Crippen LogP contribution in [0.3, 0.4) is 0 Å². The molecule has 1 saturated carbocycles. The third-order valence-electron chi connectivity index (χ3n) is 4.20. The molecular weight excluding hydrogens is 286 g/mol. The second-order valence-corrected chi connectivity index (χ2v) is 5.58. The van der Waals surface area contributed by atoms with Gasteiger partial charge in [-0.25, -0.2) is 5.10 Å². The molecule has 0 aliphatic heterocycles. The van der Waals surface area contributed by atoms with E-state index in [2.05, 4.69) is 15.5 Å². The second-order valence-electron chi connectivity index (χ2n) is 5.58. The Labute approximate surface area is 128 Å². The van der Waals surface area contributed by atoms with E-state index in [0.717, 1.165) is 0 Å². The highest BCUT2D eigenvalue weighted by Gasteiger charge is 2.31. The van der Waals surface area contributed by atoms with Gasteiger partial charge in [0.1, 0.15) is 5.56 Å². The van der Waals surface area contributed by atoms with Crippen LogP contribution in [0.5, 0.6) is 0 Å². The van der Waals surface area contributed by atoms with Crippen LogP contribution >= 0.6 is 0 Å². The van der Waals surface area contributed by atoms with Gasteiger partial charge >= 0.3 is 5.97 Å². The molecule has 0 unspecified atom stereocenters. The van der Waals surface area contributed by atoms with Crippen LogP contribution in [0.4, 0.5) is 0 Å². The van der Waals surface area contributed by atoms with Crippen molar-refractivity contribution in [2.24, 2.45) is 5.92 Å². The first-order chi connectivity index (χ1) is 10.5. The van der Waals surface area contributed by atoms with Crippen LogP contribution in [0.2, 0.25) is 0 Å². The highest BCUT2D eigenvalue weighted by atomic mass is 16.4. The molecule has 7 nitrogen and oxygen atoms in total. The molecule has 3 N–H and O–H groups in total. The summed E-state index contributed by atoms with van der Waals surface area (Å²) in [6.07, 6.45) is 2.75. The smallest absolute Gasteiger partial charge is 0.306 e. The molecule has 0 radical (unpaired) electrons. The van der Waals surface area contributed by atoms with E-state index in [-0.39, 0.29) is 11.6 Å². The lowest BCUT2D eigenvalue weighted by atomic mass is 10.0. The molecule has 120 valence electrons. The summed E-state index contributed by atoms with van der Waals surface area (Å²) in [7, 11) is 0. The van der Waals surface area contributed by atoms with Crippen molar-refractivity contribution in [3.05, 3.63) is 27.2 Å². The zero-order chi connectivity index (χ0) is 16.3. The molecule has 0 bridgehead atoms. The minimum absolute atomic E-state index is 0.105. The summed E-state index contributed by atoms with van der Waals surface area (Å²) >= 11 is 0. The van der Waals surface area contributed by atoms with E-state index < -0.39 is 23.4 Å². The average Bonchev–Trinajstić information content (AvgIpc) is 2.95. The van der Waals surface area contributed by atoms with Gasteiger partial charge in [0.15, 0.2) is 0 Å². The molecule has 2 rings (SSSR count). The predicted molar refractivity (Wildman–Crippen MR) is 79.8 cm³/mol. The molecule has 1 aliphatic rings. The van der Waals surface area contributed by atoms with Gasteiger partial charge < -0.3 is 10.4 Å². The first kappa shape index (κ1) is 16.2. The molecule has 22 heavy (non-hydrogen) atoms.